The molecule has 0 bridgehead atoms. The highest BCUT2D eigenvalue weighted by Gasteiger charge is 2.13. The van der Waals surface area contributed by atoms with Crippen molar-refractivity contribution in [1.82, 2.24) is 4.98 Å². The maximum absolute atomic E-state index is 12.3. The Morgan fingerprint density at radius 1 is 0.917 bits per heavy atom. The van der Waals surface area contributed by atoms with Gasteiger partial charge in [0, 0.05) is 11.8 Å². The number of benzene rings is 1. The zero-order valence-electron chi connectivity index (χ0n) is 14.2. The van der Waals surface area contributed by atoms with E-state index in [1.807, 2.05) is 36.4 Å². The first-order valence-corrected chi connectivity index (χ1v) is 10.3. The zero-order valence-corrected chi connectivity index (χ0v) is 15.1. The summed E-state index contributed by atoms with van der Waals surface area (Å²) < 4.78 is 27.4. The highest BCUT2D eigenvalue weighted by atomic mass is 32.2. The van der Waals surface area contributed by atoms with E-state index in [0.717, 1.165) is 24.1 Å². The summed E-state index contributed by atoms with van der Waals surface area (Å²) in [4.78, 5) is 4.31. The van der Waals surface area contributed by atoms with Gasteiger partial charge in [0.05, 0.1) is 17.1 Å². The Labute approximate surface area is 145 Å². The molecule has 0 saturated heterocycles. The van der Waals surface area contributed by atoms with Crippen molar-refractivity contribution in [2.45, 2.75) is 45.4 Å². The molecule has 4 nitrogen and oxygen atoms in total. The van der Waals surface area contributed by atoms with Crippen molar-refractivity contribution < 1.29 is 8.42 Å². The van der Waals surface area contributed by atoms with Gasteiger partial charge in [-0.15, -0.1) is 0 Å². The van der Waals surface area contributed by atoms with Crippen LogP contribution in [0, 0.1) is 0 Å². The normalized spacial score (nSPS) is 11.4. The number of hydrogen-bond acceptors (Lipinski definition) is 3. The number of unbranched alkanes of at least 4 members (excludes halogenated alkanes) is 5. The van der Waals surface area contributed by atoms with E-state index in [4.69, 9.17) is 0 Å². The van der Waals surface area contributed by atoms with E-state index in [1.165, 1.54) is 19.3 Å². The Morgan fingerprint density at radius 2 is 1.62 bits per heavy atom. The Bertz CT molecular complexity index is 715. The van der Waals surface area contributed by atoms with E-state index in [-0.39, 0.29) is 5.75 Å². The van der Waals surface area contributed by atoms with Gasteiger partial charge in [0.25, 0.3) is 0 Å². The van der Waals surface area contributed by atoms with Gasteiger partial charge in [-0.05, 0) is 24.6 Å². The van der Waals surface area contributed by atoms with Crippen LogP contribution in [0.1, 0.15) is 45.4 Å². The summed E-state index contributed by atoms with van der Waals surface area (Å²) in [6, 6.07) is 13.0. The van der Waals surface area contributed by atoms with Crippen molar-refractivity contribution in [2.24, 2.45) is 0 Å². The number of pyridine rings is 1. The summed E-state index contributed by atoms with van der Waals surface area (Å²) >= 11 is 0. The highest BCUT2D eigenvalue weighted by molar-refractivity contribution is 7.92. The summed E-state index contributed by atoms with van der Waals surface area (Å²) in [7, 11) is -3.34. The number of hydrogen-bond donors (Lipinski definition) is 1. The van der Waals surface area contributed by atoms with Gasteiger partial charge in [-0.25, -0.2) is 8.42 Å². The monoisotopic (exact) mass is 346 g/mol. The molecule has 0 spiro atoms. The fraction of sp³-hybridized carbons (Fsp3) is 0.421. The Morgan fingerprint density at radius 3 is 2.38 bits per heavy atom. The summed E-state index contributed by atoms with van der Waals surface area (Å²) in [6.07, 6.45) is 8.08. The highest BCUT2D eigenvalue weighted by Crippen LogP contribution is 2.26. The Balaban J connectivity index is 1.97. The van der Waals surface area contributed by atoms with Crippen molar-refractivity contribution in [3.8, 4) is 11.3 Å². The quantitative estimate of drug-likeness (QED) is 0.626. The molecule has 1 N–H and O–H groups in total. The van der Waals surface area contributed by atoms with Gasteiger partial charge in [-0.2, -0.15) is 0 Å². The van der Waals surface area contributed by atoms with E-state index in [1.54, 1.807) is 12.3 Å². The second-order valence-electron chi connectivity index (χ2n) is 5.95. The minimum Gasteiger partial charge on any atom is -0.283 e. The molecule has 0 fully saturated rings. The minimum atomic E-state index is -3.34. The predicted molar refractivity (Wildman–Crippen MR) is 100 cm³/mol. The second kappa shape index (κ2) is 9.42. The number of aromatic nitrogens is 1. The zero-order chi connectivity index (χ0) is 17.3. The van der Waals surface area contributed by atoms with Crippen molar-refractivity contribution in [3.05, 3.63) is 48.7 Å². The number of nitrogens with zero attached hydrogens (tertiary/aromatic N) is 1. The summed E-state index contributed by atoms with van der Waals surface area (Å²) in [5, 5.41) is 0. The molecule has 1 aromatic carbocycles. The van der Waals surface area contributed by atoms with Crippen molar-refractivity contribution in [1.29, 1.82) is 0 Å². The number of nitrogens with one attached hydrogen (secondary N) is 1. The van der Waals surface area contributed by atoms with Crippen LogP contribution in [0.5, 0.6) is 0 Å². The fourth-order valence-corrected chi connectivity index (χ4v) is 3.81. The van der Waals surface area contributed by atoms with Gasteiger partial charge in [0.1, 0.15) is 0 Å². The van der Waals surface area contributed by atoms with Crippen LogP contribution >= 0.6 is 0 Å². The Kier molecular flexibility index (Phi) is 7.25. The molecule has 1 aromatic heterocycles. The largest absolute Gasteiger partial charge is 0.283 e. The van der Waals surface area contributed by atoms with E-state index in [0.29, 0.717) is 12.1 Å². The maximum Gasteiger partial charge on any atom is 0.232 e. The van der Waals surface area contributed by atoms with Gasteiger partial charge in [-0.3, -0.25) is 9.71 Å². The van der Waals surface area contributed by atoms with Crippen molar-refractivity contribution in [2.75, 3.05) is 10.5 Å². The molecule has 1 heterocycles. The molecule has 24 heavy (non-hydrogen) atoms. The average Bonchev–Trinajstić information content (AvgIpc) is 2.59. The third-order valence-corrected chi connectivity index (χ3v) is 5.26. The Hall–Kier alpha value is -1.88. The van der Waals surface area contributed by atoms with Crippen LogP contribution in [-0.4, -0.2) is 19.2 Å². The molecule has 0 unspecified atom stereocenters. The number of sulfonamides is 1. The van der Waals surface area contributed by atoms with Crippen LogP contribution < -0.4 is 4.72 Å². The minimum absolute atomic E-state index is 0.162. The summed E-state index contributed by atoms with van der Waals surface area (Å²) in [5.41, 5.74) is 2.14. The standard InChI is InChI=1S/C19H26N2O2S/c1-2-3-4-5-6-11-16-24(22,23)21-19-14-8-7-12-17(19)18-13-9-10-15-20-18/h7-10,12-15,21H,2-6,11,16H2,1H3. The number of para-hydroxylation sites is 1. The molecule has 130 valence electrons. The van der Waals surface area contributed by atoms with Crippen LogP contribution in [0.4, 0.5) is 5.69 Å². The van der Waals surface area contributed by atoms with Gasteiger partial charge >= 0.3 is 0 Å². The maximum atomic E-state index is 12.3. The lowest BCUT2D eigenvalue weighted by atomic mass is 10.1. The first-order chi connectivity index (χ1) is 11.6. The van der Waals surface area contributed by atoms with Gasteiger partial charge < -0.3 is 0 Å². The van der Waals surface area contributed by atoms with Crippen LogP contribution in [0.3, 0.4) is 0 Å². The average molecular weight is 346 g/mol. The molecule has 2 aromatic rings. The molecule has 0 aliphatic rings. The third-order valence-electron chi connectivity index (χ3n) is 3.90. The summed E-state index contributed by atoms with van der Waals surface area (Å²) in [5.74, 6) is 0.162. The lowest BCUT2D eigenvalue weighted by Crippen LogP contribution is -2.17. The molecule has 0 amide bonds. The fourth-order valence-electron chi connectivity index (χ4n) is 2.61. The van der Waals surface area contributed by atoms with Crippen LogP contribution in [0.25, 0.3) is 11.3 Å². The molecule has 0 radical (unpaired) electrons. The van der Waals surface area contributed by atoms with Crippen molar-refractivity contribution in [3.63, 3.8) is 0 Å². The number of anilines is 1. The van der Waals surface area contributed by atoms with Crippen molar-refractivity contribution >= 4 is 15.7 Å². The van der Waals surface area contributed by atoms with Gasteiger partial charge in [0.2, 0.25) is 10.0 Å². The molecule has 0 atom stereocenters. The molecule has 0 aliphatic carbocycles. The summed E-state index contributed by atoms with van der Waals surface area (Å²) in [6.45, 7) is 2.17. The lowest BCUT2D eigenvalue weighted by Gasteiger charge is -2.12. The van der Waals surface area contributed by atoms with Crippen LogP contribution in [0.15, 0.2) is 48.7 Å². The number of rotatable bonds is 10. The first-order valence-electron chi connectivity index (χ1n) is 8.63. The molecular formula is C19H26N2O2S. The van der Waals surface area contributed by atoms with Crippen LogP contribution in [-0.2, 0) is 10.0 Å². The van der Waals surface area contributed by atoms with Gasteiger partial charge in [-0.1, -0.05) is 63.3 Å². The van der Waals surface area contributed by atoms with E-state index in [2.05, 4.69) is 16.6 Å². The first kappa shape index (κ1) is 18.5. The molecule has 2 rings (SSSR count). The smallest absolute Gasteiger partial charge is 0.232 e. The molecule has 0 saturated carbocycles. The molecular weight excluding hydrogens is 320 g/mol. The van der Waals surface area contributed by atoms with E-state index < -0.39 is 10.0 Å². The van der Waals surface area contributed by atoms with E-state index in [9.17, 15) is 8.42 Å². The van der Waals surface area contributed by atoms with Gasteiger partial charge in [0.15, 0.2) is 0 Å². The lowest BCUT2D eigenvalue weighted by molar-refractivity contribution is 0.588. The third kappa shape index (κ3) is 5.96. The second-order valence-corrected chi connectivity index (χ2v) is 7.79. The predicted octanol–water partition coefficient (Wildman–Crippen LogP) is 4.85. The van der Waals surface area contributed by atoms with Crippen LogP contribution in [0.2, 0.25) is 0 Å². The topological polar surface area (TPSA) is 59.1 Å². The molecule has 5 heteroatoms. The SMILES string of the molecule is CCCCCCCCS(=O)(=O)Nc1ccccc1-c1ccccn1. The van der Waals surface area contributed by atoms with E-state index >= 15 is 0 Å². The molecule has 0 aliphatic heterocycles.